The van der Waals surface area contributed by atoms with Gasteiger partial charge in [-0.1, -0.05) is 11.8 Å². The van der Waals surface area contributed by atoms with Gasteiger partial charge in [0.15, 0.2) is 11.1 Å². The van der Waals surface area contributed by atoms with Crippen LogP contribution in [-0.4, -0.2) is 66.9 Å². The van der Waals surface area contributed by atoms with Crippen molar-refractivity contribution in [2.45, 2.75) is 26.2 Å². The Labute approximate surface area is 199 Å². The highest BCUT2D eigenvalue weighted by Crippen LogP contribution is 2.29. The van der Waals surface area contributed by atoms with Crippen LogP contribution in [-0.2, 0) is 22.3 Å². The first-order valence-corrected chi connectivity index (χ1v) is 12.7. The second-order valence-corrected chi connectivity index (χ2v) is 10.4. The summed E-state index contributed by atoms with van der Waals surface area (Å²) in [6.07, 6.45) is 1.50. The maximum Gasteiger partial charge on any atom is 0.250 e. The normalized spacial score (nSPS) is 16.6. The molecule has 2 heterocycles. The van der Waals surface area contributed by atoms with Gasteiger partial charge in [0.25, 0.3) is 0 Å². The molecule has 176 valence electrons. The molecule has 0 spiro atoms. The maximum atomic E-state index is 12.0. The predicted molar refractivity (Wildman–Crippen MR) is 128 cm³/mol. The fraction of sp³-hybridized carbons (Fsp3) is 0.478. The average molecular weight is 490 g/mol. The molecule has 0 radical (unpaired) electrons. The van der Waals surface area contributed by atoms with Crippen LogP contribution < -0.4 is 5.48 Å². The van der Waals surface area contributed by atoms with Crippen LogP contribution >= 0.6 is 11.3 Å². The molecule has 8 nitrogen and oxygen atoms in total. The molecule has 1 fully saturated rings. The zero-order valence-electron chi connectivity index (χ0n) is 18.3. The minimum absolute atomic E-state index is 0.218. The highest BCUT2D eigenvalue weighted by atomic mass is 32.2. The Kier molecular flexibility index (Phi) is 8.98. The van der Waals surface area contributed by atoms with E-state index in [0.29, 0.717) is 12.3 Å². The van der Waals surface area contributed by atoms with E-state index in [1.165, 1.54) is 11.3 Å². The summed E-state index contributed by atoms with van der Waals surface area (Å²) in [6.45, 7) is 4.53. The van der Waals surface area contributed by atoms with Gasteiger partial charge in [0.2, 0.25) is 5.91 Å². The van der Waals surface area contributed by atoms with Gasteiger partial charge >= 0.3 is 0 Å². The number of hydrogen-bond donors (Lipinski definition) is 4. The van der Waals surface area contributed by atoms with E-state index in [2.05, 4.69) is 33.6 Å². The summed E-state index contributed by atoms with van der Waals surface area (Å²) < 4.78 is 21.4. The molecule has 1 aliphatic rings. The van der Waals surface area contributed by atoms with Gasteiger partial charge in [0, 0.05) is 44.1 Å². The molecule has 1 aliphatic heterocycles. The fourth-order valence-corrected chi connectivity index (χ4v) is 5.40. The molecule has 3 rings (SSSR count). The predicted octanol–water partition coefficient (Wildman–Crippen LogP) is 1.63. The molecule has 0 saturated carbocycles. The van der Waals surface area contributed by atoms with Crippen LogP contribution in [0.4, 0.5) is 0 Å². The Morgan fingerprint density at radius 1 is 1.39 bits per heavy atom. The molecule has 1 unspecified atom stereocenters. The lowest BCUT2D eigenvalue weighted by Crippen LogP contribution is -2.46. The zero-order chi connectivity index (χ0) is 23.8. The first-order valence-electron chi connectivity index (χ1n) is 10.6. The third-order valence-electron chi connectivity index (χ3n) is 5.55. The second kappa shape index (κ2) is 11.7. The standard InChI is InChI=1S/C23H27N3O5S2/c1-23(16-33(30)31,22(28)25-29)10-9-21-24-19-8-7-17(13-20(19)32-21)5-2-3-6-18-14-26(15-18)11-4-12-27/h7-8,13,18,27,29H,4,9-12,14-16H2,1H3,(H,25,28)(H,30,31)/t23-/m0/s1. The van der Waals surface area contributed by atoms with Crippen LogP contribution in [0.2, 0.25) is 0 Å². The molecule has 1 saturated heterocycles. The number of aliphatic hydroxyl groups excluding tert-OH is 1. The van der Waals surface area contributed by atoms with E-state index in [1.54, 1.807) is 12.4 Å². The topological polar surface area (TPSA) is 123 Å². The highest BCUT2D eigenvalue weighted by Gasteiger charge is 2.35. The van der Waals surface area contributed by atoms with E-state index in [9.17, 15) is 13.6 Å². The van der Waals surface area contributed by atoms with Gasteiger partial charge in [-0.2, -0.15) is 0 Å². The number of fused-ring (bicyclic) bond motifs is 1. The third kappa shape index (κ3) is 7.08. The summed E-state index contributed by atoms with van der Waals surface area (Å²) in [7, 11) is 0. The lowest BCUT2D eigenvalue weighted by molar-refractivity contribution is -0.138. The smallest absolute Gasteiger partial charge is 0.250 e. The average Bonchev–Trinajstić information content (AvgIpc) is 3.17. The Morgan fingerprint density at radius 2 is 2.18 bits per heavy atom. The summed E-state index contributed by atoms with van der Waals surface area (Å²) in [4.78, 5) is 18.8. The monoisotopic (exact) mass is 489 g/mol. The summed E-state index contributed by atoms with van der Waals surface area (Å²) in [5.41, 5.74) is 2.07. The molecule has 0 aliphatic carbocycles. The molecule has 2 aromatic rings. The van der Waals surface area contributed by atoms with E-state index >= 15 is 0 Å². The van der Waals surface area contributed by atoms with E-state index in [1.807, 2.05) is 18.2 Å². The fourth-order valence-electron chi connectivity index (χ4n) is 3.58. The Balaban J connectivity index is 1.60. The van der Waals surface area contributed by atoms with Crippen LogP contribution in [0.1, 0.15) is 30.3 Å². The number of nitrogens with zero attached hydrogens (tertiary/aromatic N) is 2. The molecular weight excluding hydrogens is 462 g/mol. The minimum atomic E-state index is -2.17. The van der Waals surface area contributed by atoms with Gasteiger partial charge in [0.05, 0.1) is 26.4 Å². The zero-order valence-corrected chi connectivity index (χ0v) is 20.0. The molecule has 4 N–H and O–H groups in total. The number of thiazole rings is 1. The number of carbonyl (C=O) groups is 1. The Bertz CT molecular complexity index is 1140. The lowest BCUT2D eigenvalue weighted by atomic mass is 9.87. The van der Waals surface area contributed by atoms with Crippen LogP contribution in [0, 0.1) is 35.0 Å². The van der Waals surface area contributed by atoms with Crippen molar-refractivity contribution in [3.63, 3.8) is 0 Å². The number of aromatic nitrogens is 1. The van der Waals surface area contributed by atoms with Crippen molar-refractivity contribution in [1.82, 2.24) is 15.4 Å². The summed E-state index contributed by atoms with van der Waals surface area (Å²) in [5.74, 6) is 11.4. The number of amides is 1. The van der Waals surface area contributed by atoms with Gasteiger partial charge in [-0.3, -0.25) is 10.0 Å². The number of rotatable bonds is 9. The molecule has 0 bridgehead atoms. The van der Waals surface area contributed by atoms with Crippen molar-refractivity contribution in [2.24, 2.45) is 11.3 Å². The molecule has 2 atom stereocenters. The van der Waals surface area contributed by atoms with Gasteiger partial charge in [-0.15, -0.1) is 11.3 Å². The quantitative estimate of drug-likeness (QED) is 0.183. The van der Waals surface area contributed by atoms with E-state index in [-0.39, 0.29) is 18.8 Å². The van der Waals surface area contributed by atoms with Crippen LogP contribution in [0.25, 0.3) is 10.2 Å². The minimum Gasteiger partial charge on any atom is -0.396 e. The van der Waals surface area contributed by atoms with Crippen molar-refractivity contribution in [3.05, 3.63) is 28.8 Å². The SMILES string of the molecule is C[C@](CCc1nc2ccc(C#CC#CC3CN(CCCO)C3)cc2s1)(CS(=O)O)C(=O)NO. The first-order chi connectivity index (χ1) is 15.8. The van der Waals surface area contributed by atoms with Crippen LogP contribution in [0.15, 0.2) is 18.2 Å². The molecular formula is C23H27N3O5S2. The van der Waals surface area contributed by atoms with E-state index in [0.717, 1.165) is 46.8 Å². The maximum absolute atomic E-state index is 12.0. The molecule has 10 heteroatoms. The Morgan fingerprint density at radius 3 is 2.88 bits per heavy atom. The van der Waals surface area contributed by atoms with Crippen LogP contribution in [0.3, 0.4) is 0 Å². The molecule has 1 aromatic heterocycles. The second-order valence-electron chi connectivity index (χ2n) is 8.31. The number of benzene rings is 1. The number of carbonyl (C=O) groups excluding carboxylic acids is 1. The number of nitrogens with one attached hydrogen (secondary N) is 1. The number of hydrogen-bond acceptors (Lipinski definition) is 7. The van der Waals surface area contributed by atoms with Crippen molar-refractivity contribution in [1.29, 1.82) is 0 Å². The largest absolute Gasteiger partial charge is 0.396 e. The van der Waals surface area contributed by atoms with E-state index < -0.39 is 22.4 Å². The van der Waals surface area contributed by atoms with Crippen LogP contribution in [0.5, 0.6) is 0 Å². The number of aliphatic hydroxyl groups is 1. The van der Waals surface area contributed by atoms with Crippen molar-refractivity contribution in [2.75, 3.05) is 32.0 Å². The number of hydroxylamine groups is 1. The van der Waals surface area contributed by atoms with Gasteiger partial charge in [-0.05, 0) is 49.8 Å². The summed E-state index contributed by atoms with van der Waals surface area (Å²) >= 11 is -0.684. The Hall–Kier alpha value is -2.31. The molecule has 1 amide bonds. The van der Waals surface area contributed by atoms with Crippen molar-refractivity contribution in [3.8, 4) is 23.7 Å². The van der Waals surface area contributed by atoms with Gasteiger partial charge < -0.3 is 14.6 Å². The van der Waals surface area contributed by atoms with Gasteiger partial charge in [0.1, 0.15) is 0 Å². The summed E-state index contributed by atoms with van der Waals surface area (Å²) in [5, 5.41) is 18.6. The number of aryl methyl sites for hydroxylation is 1. The lowest BCUT2D eigenvalue weighted by Gasteiger charge is -2.36. The molecule has 1 aromatic carbocycles. The summed E-state index contributed by atoms with van der Waals surface area (Å²) in [6, 6.07) is 5.73. The third-order valence-corrected chi connectivity index (χ3v) is 7.51. The van der Waals surface area contributed by atoms with Crippen molar-refractivity contribution >= 4 is 38.5 Å². The first kappa shape index (κ1) is 25.3. The van der Waals surface area contributed by atoms with E-state index in [4.69, 9.17) is 10.3 Å². The van der Waals surface area contributed by atoms with Crippen molar-refractivity contribution < 1.29 is 23.9 Å². The molecule has 33 heavy (non-hydrogen) atoms. The van der Waals surface area contributed by atoms with Gasteiger partial charge in [-0.25, -0.2) is 14.7 Å². The number of likely N-dealkylation sites (tertiary alicyclic amines) is 1. The highest BCUT2D eigenvalue weighted by molar-refractivity contribution is 7.79.